The maximum Gasteiger partial charge on any atom is 0.321 e. The van der Waals surface area contributed by atoms with Crippen molar-refractivity contribution >= 4 is 34.8 Å². The number of hydrogen-bond acceptors (Lipinski definition) is 3. The molecule has 1 saturated heterocycles. The lowest BCUT2D eigenvalue weighted by atomic mass is 10.1. The molecule has 136 valence electrons. The Labute approximate surface area is 156 Å². The van der Waals surface area contributed by atoms with E-state index in [2.05, 4.69) is 10.2 Å². The molecule has 3 rings (SSSR count). The number of benzene rings is 2. The van der Waals surface area contributed by atoms with E-state index in [-0.39, 0.29) is 16.8 Å². The molecule has 2 aromatic rings. The minimum Gasteiger partial charge on any atom is -0.368 e. The molecule has 1 heterocycles. The van der Waals surface area contributed by atoms with Crippen molar-refractivity contribution in [1.29, 1.82) is 0 Å². The number of ketones is 1. The number of carbonyl (C=O) groups excluding carboxylic acids is 2. The van der Waals surface area contributed by atoms with Crippen molar-refractivity contribution in [2.75, 3.05) is 36.4 Å². The molecule has 1 aliphatic heterocycles. The Hall–Kier alpha value is -2.60. The highest BCUT2D eigenvalue weighted by molar-refractivity contribution is 6.31. The van der Waals surface area contributed by atoms with Crippen LogP contribution in [0, 0.1) is 5.82 Å². The van der Waals surface area contributed by atoms with E-state index in [1.165, 1.54) is 13.0 Å². The number of hydrogen-bond donors (Lipinski definition) is 1. The van der Waals surface area contributed by atoms with E-state index in [1.54, 1.807) is 41.3 Å². The Bertz CT molecular complexity index is 835. The SMILES string of the molecule is CC(=O)c1cccc(NC(=O)N2CCN(c3ccc(F)c(Cl)c3)CC2)c1. The van der Waals surface area contributed by atoms with Crippen molar-refractivity contribution < 1.29 is 14.0 Å². The summed E-state index contributed by atoms with van der Waals surface area (Å²) in [5.74, 6) is -0.492. The second-order valence-corrected chi connectivity index (χ2v) is 6.55. The molecule has 1 N–H and O–H groups in total. The number of nitrogens with zero attached hydrogens (tertiary/aromatic N) is 2. The topological polar surface area (TPSA) is 52.7 Å². The van der Waals surface area contributed by atoms with Gasteiger partial charge in [0.1, 0.15) is 5.82 Å². The molecular formula is C19H19ClFN3O2. The molecule has 7 heteroatoms. The number of urea groups is 1. The number of rotatable bonds is 3. The molecule has 2 aromatic carbocycles. The first-order chi connectivity index (χ1) is 12.4. The molecule has 0 unspecified atom stereocenters. The Morgan fingerprint density at radius 1 is 1.08 bits per heavy atom. The van der Waals surface area contributed by atoms with E-state index in [0.29, 0.717) is 37.4 Å². The lowest BCUT2D eigenvalue weighted by molar-refractivity contribution is 0.101. The highest BCUT2D eigenvalue weighted by Crippen LogP contribution is 2.23. The smallest absolute Gasteiger partial charge is 0.321 e. The summed E-state index contributed by atoms with van der Waals surface area (Å²) in [7, 11) is 0. The molecule has 1 aliphatic rings. The van der Waals surface area contributed by atoms with Crippen LogP contribution in [0.15, 0.2) is 42.5 Å². The van der Waals surface area contributed by atoms with Crippen molar-refractivity contribution in [3.63, 3.8) is 0 Å². The van der Waals surface area contributed by atoms with Gasteiger partial charge in [-0.2, -0.15) is 0 Å². The molecule has 0 aliphatic carbocycles. The Balaban J connectivity index is 1.59. The van der Waals surface area contributed by atoms with E-state index < -0.39 is 5.82 Å². The molecule has 2 amide bonds. The number of amides is 2. The average molecular weight is 376 g/mol. The van der Waals surface area contributed by atoms with Gasteiger partial charge in [0.15, 0.2) is 5.78 Å². The fraction of sp³-hybridized carbons (Fsp3) is 0.263. The number of piperazine rings is 1. The number of carbonyl (C=O) groups is 2. The van der Waals surface area contributed by atoms with Crippen LogP contribution in [0.2, 0.25) is 5.02 Å². The van der Waals surface area contributed by atoms with Crippen molar-refractivity contribution in [1.82, 2.24) is 4.90 Å². The van der Waals surface area contributed by atoms with E-state index in [1.807, 2.05) is 0 Å². The van der Waals surface area contributed by atoms with Gasteiger partial charge < -0.3 is 15.1 Å². The van der Waals surface area contributed by atoms with Gasteiger partial charge in [-0.1, -0.05) is 23.7 Å². The molecule has 0 saturated carbocycles. The minimum atomic E-state index is -0.443. The van der Waals surface area contributed by atoms with Crippen molar-refractivity contribution in [3.8, 4) is 0 Å². The zero-order valence-corrected chi connectivity index (χ0v) is 15.1. The molecule has 5 nitrogen and oxygen atoms in total. The third kappa shape index (κ3) is 4.14. The first-order valence-corrected chi connectivity index (χ1v) is 8.69. The van der Waals surface area contributed by atoms with Crippen LogP contribution in [0.25, 0.3) is 0 Å². The van der Waals surface area contributed by atoms with Crippen molar-refractivity contribution in [2.24, 2.45) is 0 Å². The van der Waals surface area contributed by atoms with Gasteiger partial charge in [0.2, 0.25) is 0 Å². The normalized spacial score (nSPS) is 14.3. The summed E-state index contributed by atoms with van der Waals surface area (Å²) in [6, 6.07) is 11.3. The van der Waals surface area contributed by atoms with Crippen LogP contribution in [0.5, 0.6) is 0 Å². The van der Waals surface area contributed by atoms with E-state index >= 15 is 0 Å². The van der Waals surface area contributed by atoms with Gasteiger partial charge >= 0.3 is 6.03 Å². The molecule has 0 atom stereocenters. The standard InChI is InChI=1S/C19H19ClFN3O2/c1-13(25)14-3-2-4-15(11-14)22-19(26)24-9-7-23(8-10-24)16-5-6-18(21)17(20)12-16/h2-6,11-12H,7-10H2,1H3,(H,22,26). The van der Waals surface area contributed by atoms with Crippen LogP contribution in [-0.2, 0) is 0 Å². The zero-order chi connectivity index (χ0) is 18.7. The summed E-state index contributed by atoms with van der Waals surface area (Å²) < 4.78 is 13.3. The highest BCUT2D eigenvalue weighted by atomic mass is 35.5. The summed E-state index contributed by atoms with van der Waals surface area (Å²) in [6.45, 7) is 3.81. The third-order valence-electron chi connectivity index (χ3n) is 4.36. The minimum absolute atomic E-state index is 0.0485. The summed E-state index contributed by atoms with van der Waals surface area (Å²) in [6.07, 6.45) is 0. The zero-order valence-electron chi connectivity index (χ0n) is 14.3. The maximum absolute atomic E-state index is 13.3. The second-order valence-electron chi connectivity index (χ2n) is 6.14. The molecule has 1 fully saturated rings. The molecule has 0 spiro atoms. The predicted octanol–water partition coefficient (Wildman–Crippen LogP) is 4.04. The van der Waals surface area contributed by atoms with Gasteiger partial charge in [-0.15, -0.1) is 0 Å². The van der Waals surface area contributed by atoms with Gasteiger partial charge in [-0.3, -0.25) is 4.79 Å². The van der Waals surface area contributed by atoms with Crippen LogP contribution in [0.4, 0.5) is 20.6 Å². The average Bonchev–Trinajstić information content (AvgIpc) is 2.64. The van der Waals surface area contributed by atoms with Crippen LogP contribution < -0.4 is 10.2 Å². The van der Waals surface area contributed by atoms with E-state index in [9.17, 15) is 14.0 Å². The van der Waals surface area contributed by atoms with Crippen molar-refractivity contribution in [2.45, 2.75) is 6.92 Å². The van der Waals surface area contributed by atoms with Crippen LogP contribution in [0.3, 0.4) is 0 Å². The van der Waals surface area contributed by atoms with Crippen LogP contribution in [0.1, 0.15) is 17.3 Å². The lowest BCUT2D eigenvalue weighted by Crippen LogP contribution is -2.50. The fourth-order valence-electron chi connectivity index (χ4n) is 2.87. The van der Waals surface area contributed by atoms with Gasteiger partial charge in [0.25, 0.3) is 0 Å². The summed E-state index contributed by atoms with van der Waals surface area (Å²) in [5.41, 5.74) is 1.99. The molecule has 26 heavy (non-hydrogen) atoms. The van der Waals surface area contributed by atoms with Gasteiger partial charge in [0, 0.05) is 43.1 Å². The second kappa shape index (κ2) is 7.74. The Kier molecular flexibility index (Phi) is 5.42. The number of Topliss-reactive ketones (excluding diaryl/α,β-unsaturated/α-hetero) is 1. The van der Waals surface area contributed by atoms with E-state index in [4.69, 9.17) is 11.6 Å². The van der Waals surface area contributed by atoms with Crippen LogP contribution >= 0.6 is 11.6 Å². The lowest BCUT2D eigenvalue weighted by Gasteiger charge is -2.36. The quantitative estimate of drug-likeness (QED) is 0.824. The van der Waals surface area contributed by atoms with Crippen LogP contribution in [-0.4, -0.2) is 42.9 Å². The molecule has 0 bridgehead atoms. The Morgan fingerprint density at radius 3 is 2.46 bits per heavy atom. The number of halogens is 2. The van der Waals surface area contributed by atoms with Crippen molar-refractivity contribution in [3.05, 3.63) is 58.9 Å². The number of nitrogens with one attached hydrogen (secondary N) is 1. The Morgan fingerprint density at radius 2 is 1.81 bits per heavy atom. The first-order valence-electron chi connectivity index (χ1n) is 8.31. The molecule has 0 aromatic heterocycles. The number of anilines is 2. The molecular weight excluding hydrogens is 357 g/mol. The van der Waals surface area contributed by atoms with E-state index in [0.717, 1.165) is 5.69 Å². The predicted molar refractivity (Wildman–Crippen MR) is 101 cm³/mol. The highest BCUT2D eigenvalue weighted by Gasteiger charge is 2.22. The van der Waals surface area contributed by atoms with Gasteiger partial charge in [0.05, 0.1) is 5.02 Å². The monoisotopic (exact) mass is 375 g/mol. The summed E-state index contributed by atoms with van der Waals surface area (Å²) in [5, 5.41) is 2.91. The first kappa shape index (κ1) is 18.2. The summed E-state index contributed by atoms with van der Waals surface area (Å²) >= 11 is 5.84. The largest absolute Gasteiger partial charge is 0.368 e. The molecule has 0 radical (unpaired) electrons. The third-order valence-corrected chi connectivity index (χ3v) is 4.65. The summed E-state index contributed by atoms with van der Waals surface area (Å²) in [4.78, 5) is 27.6. The van der Waals surface area contributed by atoms with Gasteiger partial charge in [-0.05, 0) is 37.3 Å². The van der Waals surface area contributed by atoms with Gasteiger partial charge in [-0.25, -0.2) is 9.18 Å². The fourth-order valence-corrected chi connectivity index (χ4v) is 3.04. The maximum atomic E-state index is 13.3.